The average Bonchev–Trinajstić information content (AvgIpc) is 3.45. The van der Waals surface area contributed by atoms with Gasteiger partial charge in [-0.1, -0.05) is 12.1 Å². The second kappa shape index (κ2) is 8.18. The SMILES string of the molecule is O=C(CN1CCN(S(=O)(=O)c2ccccc2F)CC1)N(C1CC1)[C@H]1CCS(=O)(=O)C1. The van der Waals surface area contributed by atoms with Gasteiger partial charge >= 0.3 is 0 Å². The van der Waals surface area contributed by atoms with Gasteiger partial charge in [0.15, 0.2) is 9.84 Å². The van der Waals surface area contributed by atoms with Gasteiger partial charge in [-0.2, -0.15) is 4.31 Å². The smallest absolute Gasteiger partial charge is 0.246 e. The van der Waals surface area contributed by atoms with Crippen LogP contribution in [0.25, 0.3) is 0 Å². The minimum Gasteiger partial charge on any atom is -0.335 e. The molecule has 3 fully saturated rings. The Hall–Kier alpha value is -1.56. The molecule has 0 radical (unpaired) electrons. The quantitative estimate of drug-likeness (QED) is 0.608. The van der Waals surface area contributed by atoms with E-state index < -0.39 is 25.7 Å². The highest BCUT2D eigenvalue weighted by molar-refractivity contribution is 7.91. The normalized spacial score (nSPS) is 25.3. The van der Waals surface area contributed by atoms with Gasteiger partial charge in [-0.3, -0.25) is 9.69 Å². The van der Waals surface area contributed by atoms with Crippen molar-refractivity contribution in [3.63, 3.8) is 0 Å². The van der Waals surface area contributed by atoms with E-state index in [9.17, 15) is 26.0 Å². The molecule has 1 amide bonds. The molecular weight excluding hydrogens is 433 g/mol. The van der Waals surface area contributed by atoms with Crippen LogP contribution >= 0.6 is 0 Å². The summed E-state index contributed by atoms with van der Waals surface area (Å²) in [5, 5.41) is 0. The number of piperazine rings is 1. The van der Waals surface area contributed by atoms with Gasteiger partial charge in [0.1, 0.15) is 10.7 Å². The molecule has 1 atom stereocenters. The number of hydrogen-bond donors (Lipinski definition) is 0. The Morgan fingerprint density at radius 2 is 1.73 bits per heavy atom. The predicted octanol–water partition coefficient (Wildman–Crippen LogP) is 0.310. The summed E-state index contributed by atoms with van der Waals surface area (Å²) in [6.45, 7) is 1.21. The highest BCUT2D eigenvalue weighted by atomic mass is 32.2. The lowest BCUT2D eigenvalue weighted by molar-refractivity contribution is -0.135. The summed E-state index contributed by atoms with van der Waals surface area (Å²) in [6.07, 6.45) is 2.28. The lowest BCUT2D eigenvalue weighted by atomic mass is 10.2. The Balaban J connectivity index is 1.36. The van der Waals surface area contributed by atoms with Gasteiger partial charge < -0.3 is 4.90 Å². The maximum Gasteiger partial charge on any atom is 0.246 e. The number of benzene rings is 1. The summed E-state index contributed by atoms with van der Waals surface area (Å²) >= 11 is 0. The van der Waals surface area contributed by atoms with Crippen molar-refractivity contribution in [3.05, 3.63) is 30.1 Å². The van der Waals surface area contributed by atoms with Crippen LogP contribution in [0.3, 0.4) is 0 Å². The number of hydrogen-bond acceptors (Lipinski definition) is 6. The van der Waals surface area contributed by atoms with Crippen LogP contribution in [0.5, 0.6) is 0 Å². The van der Waals surface area contributed by atoms with E-state index in [-0.39, 0.29) is 54.0 Å². The van der Waals surface area contributed by atoms with Crippen LogP contribution in [0.2, 0.25) is 0 Å². The number of carbonyl (C=O) groups is 1. The Bertz CT molecular complexity index is 1020. The molecule has 0 bridgehead atoms. The maximum absolute atomic E-state index is 14.0. The number of amides is 1. The fourth-order valence-electron chi connectivity index (χ4n) is 4.25. The molecule has 0 spiro atoms. The third kappa shape index (κ3) is 4.53. The number of halogens is 1. The van der Waals surface area contributed by atoms with E-state index in [0.717, 1.165) is 18.9 Å². The molecule has 0 aromatic heterocycles. The number of carbonyl (C=O) groups excluding carboxylic acids is 1. The molecule has 8 nitrogen and oxygen atoms in total. The van der Waals surface area contributed by atoms with E-state index in [1.165, 1.54) is 22.5 Å². The van der Waals surface area contributed by atoms with Crippen molar-refractivity contribution in [1.82, 2.24) is 14.1 Å². The summed E-state index contributed by atoms with van der Waals surface area (Å²) < 4.78 is 64.3. The summed E-state index contributed by atoms with van der Waals surface area (Å²) in [5.74, 6) is -0.711. The fourth-order valence-corrected chi connectivity index (χ4v) is 7.45. The van der Waals surface area contributed by atoms with E-state index in [4.69, 9.17) is 0 Å². The first-order chi connectivity index (χ1) is 14.2. The molecule has 1 aromatic rings. The minimum atomic E-state index is -3.92. The predicted molar refractivity (Wildman–Crippen MR) is 109 cm³/mol. The Morgan fingerprint density at radius 3 is 2.30 bits per heavy atom. The molecule has 30 heavy (non-hydrogen) atoms. The van der Waals surface area contributed by atoms with Crippen LogP contribution in [-0.4, -0.2) is 93.2 Å². The Labute approximate surface area is 176 Å². The first-order valence-electron chi connectivity index (χ1n) is 10.2. The van der Waals surface area contributed by atoms with E-state index in [1.807, 2.05) is 4.90 Å². The third-order valence-corrected chi connectivity index (χ3v) is 9.66. The van der Waals surface area contributed by atoms with Crippen molar-refractivity contribution in [1.29, 1.82) is 0 Å². The van der Waals surface area contributed by atoms with Crippen molar-refractivity contribution in [2.24, 2.45) is 0 Å². The van der Waals surface area contributed by atoms with Crippen molar-refractivity contribution < 1.29 is 26.0 Å². The van der Waals surface area contributed by atoms with Crippen LogP contribution in [0.1, 0.15) is 19.3 Å². The van der Waals surface area contributed by atoms with Crippen LogP contribution in [0.15, 0.2) is 29.2 Å². The molecule has 11 heteroatoms. The lowest BCUT2D eigenvalue weighted by Crippen LogP contribution is -2.53. The first-order valence-corrected chi connectivity index (χ1v) is 13.4. The second-order valence-corrected chi connectivity index (χ2v) is 12.3. The van der Waals surface area contributed by atoms with E-state index in [2.05, 4.69) is 0 Å². The van der Waals surface area contributed by atoms with Crippen LogP contribution in [-0.2, 0) is 24.7 Å². The van der Waals surface area contributed by atoms with Gasteiger partial charge in [-0.25, -0.2) is 21.2 Å². The largest absolute Gasteiger partial charge is 0.335 e. The number of sulfone groups is 1. The zero-order chi connectivity index (χ0) is 21.5. The summed E-state index contributed by atoms with van der Waals surface area (Å²) in [5.41, 5.74) is 0. The third-order valence-electron chi connectivity index (χ3n) is 5.97. The second-order valence-electron chi connectivity index (χ2n) is 8.20. The van der Waals surface area contributed by atoms with Gasteiger partial charge in [0.05, 0.1) is 18.1 Å². The topological polar surface area (TPSA) is 95.1 Å². The Kier molecular flexibility index (Phi) is 5.90. The monoisotopic (exact) mass is 459 g/mol. The molecular formula is C19H26FN3O5S2. The molecule has 166 valence electrons. The van der Waals surface area contributed by atoms with E-state index in [0.29, 0.717) is 19.5 Å². The van der Waals surface area contributed by atoms with Gasteiger partial charge in [0.2, 0.25) is 15.9 Å². The zero-order valence-electron chi connectivity index (χ0n) is 16.6. The molecule has 1 aliphatic carbocycles. The summed E-state index contributed by atoms with van der Waals surface area (Å²) in [6, 6.07) is 5.18. The highest BCUT2D eigenvalue weighted by Crippen LogP contribution is 2.32. The van der Waals surface area contributed by atoms with Crippen LogP contribution < -0.4 is 0 Å². The molecule has 2 heterocycles. The van der Waals surface area contributed by atoms with E-state index in [1.54, 1.807) is 4.90 Å². The highest BCUT2D eigenvalue weighted by Gasteiger charge is 2.42. The van der Waals surface area contributed by atoms with Gasteiger partial charge in [0.25, 0.3) is 0 Å². The van der Waals surface area contributed by atoms with Crippen molar-refractivity contribution in [2.75, 3.05) is 44.2 Å². The number of rotatable bonds is 6. The van der Waals surface area contributed by atoms with E-state index >= 15 is 0 Å². The van der Waals surface area contributed by atoms with Crippen LogP contribution in [0, 0.1) is 5.82 Å². The molecule has 0 unspecified atom stereocenters. The molecule has 2 aliphatic heterocycles. The fraction of sp³-hybridized carbons (Fsp3) is 0.632. The lowest BCUT2D eigenvalue weighted by Gasteiger charge is -2.36. The molecule has 1 saturated carbocycles. The molecule has 4 rings (SSSR count). The van der Waals surface area contributed by atoms with Crippen molar-refractivity contribution in [3.8, 4) is 0 Å². The molecule has 1 aromatic carbocycles. The summed E-state index contributed by atoms with van der Waals surface area (Å²) in [7, 11) is -7.00. The molecule has 2 saturated heterocycles. The average molecular weight is 460 g/mol. The molecule has 3 aliphatic rings. The molecule has 0 N–H and O–H groups in total. The van der Waals surface area contributed by atoms with Crippen LogP contribution in [0.4, 0.5) is 4.39 Å². The number of nitrogens with zero attached hydrogens (tertiary/aromatic N) is 3. The standard InChI is InChI=1S/C19H26FN3O5S2/c20-17-3-1-2-4-18(17)30(27,28)22-10-8-21(9-11-22)13-19(24)23(15-5-6-15)16-7-12-29(25,26)14-16/h1-4,15-16H,5-14H2/t16-/m0/s1. The first kappa shape index (κ1) is 21.7. The van der Waals surface area contributed by atoms with Gasteiger partial charge in [-0.05, 0) is 31.4 Å². The number of sulfonamides is 1. The van der Waals surface area contributed by atoms with Gasteiger partial charge in [-0.15, -0.1) is 0 Å². The maximum atomic E-state index is 14.0. The van der Waals surface area contributed by atoms with Crippen molar-refractivity contribution >= 4 is 25.8 Å². The summed E-state index contributed by atoms with van der Waals surface area (Å²) in [4.78, 5) is 16.2. The van der Waals surface area contributed by atoms with Gasteiger partial charge in [0, 0.05) is 38.3 Å². The minimum absolute atomic E-state index is 0.0316. The Morgan fingerprint density at radius 1 is 1.07 bits per heavy atom. The van der Waals surface area contributed by atoms with Crippen molar-refractivity contribution in [2.45, 2.75) is 36.2 Å². The zero-order valence-corrected chi connectivity index (χ0v) is 18.2.